The molecule has 1 aliphatic rings. The SMILES string of the molecule is NC/C(=C\F)COc1cc(F)c2c(c1)CCNC2=O. The summed E-state index contributed by atoms with van der Waals surface area (Å²) >= 11 is 0. The second-order valence-electron chi connectivity index (χ2n) is 4.21. The lowest BCUT2D eigenvalue weighted by atomic mass is 9.99. The first kappa shape index (κ1) is 13.5. The molecule has 1 aromatic carbocycles. The number of hydrogen-bond donors (Lipinski definition) is 2. The summed E-state index contributed by atoms with van der Waals surface area (Å²) in [6, 6.07) is 2.72. The van der Waals surface area contributed by atoms with Crippen LogP contribution in [0.25, 0.3) is 0 Å². The van der Waals surface area contributed by atoms with Crippen molar-refractivity contribution in [3.63, 3.8) is 0 Å². The Morgan fingerprint density at radius 1 is 1.53 bits per heavy atom. The Balaban J connectivity index is 2.20. The Labute approximate surface area is 109 Å². The van der Waals surface area contributed by atoms with Crippen molar-refractivity contribution in [2.45, 2.75) is 6.42 Å². The van der Waals surface area contributed by atoms with E-state index in [0.29, 0.717) is 24.9 Å². The number of nitrogens with two attached hydrogens (primary N) is 1. The summed E-state index contributed by atoms with van der Waals surface area (Å²) in [6.45, 7) is 0.455. The van der Waals surface area contributed by atoms with Gasteiger partial charge in [0.25, 0.3) is 5.91 Å². The van der Waals surface area contributed by atoms with Gasteiger partial charge >= 0.3 is 0 Å². The molecular formula is C13H14F2N2O2. The smallest absolute Gasteiger partial charge is 0.254 e. The largest absolute Gasteiger partial charge is 0.489 e. The van der Waals surface area contributed by atoms with Crippen molar-refractivity contribution in [3.8, 4) is 5.75 Å². The summed E-state index contributed by atoms with van der Waals surface area (Å²) < 4.78 is 31.4. The van der Waals surface area contributed by atoms with Gasteiger partial charge < -0.3 is 15.8 Å². The van der Waals surface area contributed by atoms with Crippen molar-refractivity contribution in [3.05, 3.63) is 41.0 Å². The minimum Gasteiger partial charge on any atom is -0.489 e. The van der Waals surface area contributed by atoms with Crippen LogP contribution in [0.2, 0.25) is 0 Å². The highest BCUT2D eigenvalue weighted by atomic mass is 19.1. The first-order chi connectivity index (χ1) is 9.15. The highest BCUT2D eigenvalue weighted by molar-refractivity contribution is 5.97. The van der Waals surface area contributed by atoms with E-state index in [1.165, 1.54) is 0 Å². The third-order valence-electron chi connectivity index (χ3n) is 2.89. The second-order valence-corrected chi connectivity index (χ2v) is 4.21. The maximum Gasteiger partial charge on any atom is 0.254 e. The van der Waals surface area contributed by atoms with Crippen LogP contribution in [-0.4, -0.2) is 25.6 Å². The fourth-order valence-electron chi connectivity index (χ4n) is 1.88. The van der Waals surface area contributed by atoms with Gasteiger partial charge in [-0.2, -0.15) is 0 Å². The van der Waals surface area contributed by atoms with E-state index in [9.17, 15) is 13.6 Å². The lowest BCUT2D eigenvalue weighted by Gasteiger charge is -2.18. The number of fused-ring (bicyclic) bond motifs is 1. The van der Waals surface area contributed by atoms with Crippen LogP contribution in [0.4, 0.5) is 8.78 Å². The molecular weight excluding hydrogens is 254 g/mol. The van der Waals surface area contributed by atoms with E-state index in [-0.39, 0.29) is 30.0 Å². The number of hydrogen-bond acceptors (Lipinski definition) is 3. The predicted octanol–water partition coefficient (Wildman–Crippen LogP) is 1.30. The number of ether oxygens (including phenoxy) is 1. The van der Waals surface area contributed by atoms with E-state index in [1.54, 1.807) is 6.07 Å². The van der Waals surface area contributed by atoms with Crippen LogP contribution in [0.5, 0.6) is 5.75 Å². The summed E-state index contributed by atoms with van der Waals surface area (Å²) in [7, 11) is 0. The maximum atomic E-state index is 13.8. The summed E-state index contributed by atoms with van der Waals surface area (Å²) in [5.74, 6) is -0.793. The first-order valence-corrected chi connectivity index (χ1v) is 5.87. The third-order valence-corrected chi connectivity index (χ3v) is 2.89. The number of carbonyl (C=O) groups excluding carboxylic acids is 1. The molecule has 0 radical (unpaired) electrons. The number of halogens is 2. The van der Waals surface area contributed by atoms with Gasteiger partial charge in [0.1, 0.15) is 18.2 Å². The zero-order chi connectivity index (χ0) is 13.8. The molecule has 1 aliphatic heterocycles. The number of rotatable bonds is 4. The predicted molar refractivity (Wildman–Crippen MR) is 66.2 cm³/mol. The summed E-state index contributed by atoms with van der Waals surface area (Å²) in [5.41, 5.74) is 6.21. The Kier molecular flexibility index (Phi) is 4.11. The zero-order valence-corrected chi connectivity index (χ0v) is 10.2. The molecule has 0 unspecified atom stereocenters. The third kappa shape index (κ3) is 2.90. The summed E-state index contributed by atoms with van der Waals surface area (Å²) in [5, 5.41) is 2.57. The van der Waals surface area contributed by atoms with Crippen molar-refractivity contribution in [2.75, 3.05) is 19.7 Å². The van der Waals surface area contributed by atoms with Gasteiger partial charge in [0, 0.05) is 24.7 Å². The minimum absolute atomic E-state index is 0.0341. The Hall–Kier alpha value is -1.95. The van der Waals surface area contributed by atoms with Crippen LogP contribution in [0, 0.1) is 5.82 Å². The Morgan fingerprint density at radius 3 is 3.00 bits per heavy atom. The normalized spacial score (nSPS) is 14.9. The van der Waals surface area contributed by atoms with Crippen molar-refractivity contribution < 1.29 is 18.3 Å². The molecule has 0 spiro atoms. The Morgan fingerprint density at radius 2 is 2.32 bits per heavy atom. The van der Waals surface area contributed by atoms with Crippen molar-refractivity contribution >= 4 is 5.91 Å². The standard InChI is InChI=1S/C13H14F2N2O2/c14-5-8(6-16)7-19-10-3-9-1-2-17-13(18)12(9)11(15)4-10/h3-5H,1-2,6-7,16H2,(H,17,18)/b8-5+. The highest BCUT2D eigenvalue weighted by Crippen LogP contribution is 2.24. The number of nitrogens with one attached hydrogen (secondary N) is 1. The van der Waals surface area contributed by atoms with E-state index in [2.05, 4.69) is 5.32 Å². The molecule has 0 aromatic heterocycles. The lowest BCUT2D eigenvalue weighted by molar-refractivity contribution is 0.0941. The van der Waals surface area contributed by atoms with Crippen molar-refractivity contribution in [2.24, 2.45) is 5.73 Å². The van der Waals surface area contributed by atoms with E-state index in [1.807, 2.05) is 0 Å². The van der Waals surface area contributed by atoms with Gasteiger partial charge in [-0.25, -0.2) is 8.78 Å². The van der Waals surface area contributed by atoms with Crippen LogP contribution in [0.1, 0.15) is 15.9 Å². The Bertz CT molecular complexity index is 530. The van der Waals surface area contributed by atoms with Gasteiger partial charge in [0.15, 0.2) is 0 Å². The van der Waals surface area contributed by atoms with Crippen molar-refractivity contribution in [1.29, 1.82) is 0 Å². The molecule has 0 saturated carbocycles. The monoisotopic (exact) mass is 268 g/mol. The minimum atomic E-state index is -0.636. The van der Waals surface area contributed by atoms with Crippen LogP contribution >= 0.6 is 0 Å². The molecule has 0 atom stereocenters. The molecule has 3 N–H and O–H groups in total. The van der Waals surface area contributed by atoms with Crippen LogP contribution in [0.15, 0.2) is 24.0 Å². The fraction of sp³-hybridized carbons (Fsp3) is 0.308. The number of benzene rings is 1. The molecule has 4 nitrogen and oxygen atoms in total. The molecule has 2 rings (SSSR count). The number of amides is 1. The van der Waals surface area contributed by atoms with Crippen LogP contribution < -0.4 is 15.8 Å². The van der Waals surface area contributed by atoms with Crippen molar-refractivity contribution in [1.82, 2.24) is 5.32 Å². The molecule has 6 heteroatoms. The highest BCUT2D eigenvalue weighted by Gasteiger charge is 2.22. The summed E-state index contributed by atoms with van der Waals surface area (Å²) in [6.07, 6.45) is 0.917. The van der Waals surface area contributed by atoms with Gasteiger partial charge in [0.05, 0.1) is 11.9 Å². The molecule has 102 valence electrons. The van der Waals surface area contributed by atoms with E-state index < -0.39 is 11.7 Å². The van der Waals surface area contributed by atoms with Gasteiger partial charge in [-0.15, -0.1) is 0 Å². The average Bonchev–Trinajstić information content (AvgIpc) is 2.39. The van der Waals surface area contributed by atoms with Gasteiger partial charge in [-0.1, -0.05) is 0 Å². The van der Waals surface area contributed by atoms with E-state index in [0.717, 1.165) is 6.07 Å². The molecule has 0 saturated heterocycles. The number of carbonyl (C=O) groups is 1. The molecule has 0 bridgehead atoms. The van der Waals surface area contributed by atoms with E-state index >= 15 is 0 Å². The van der Waals surface area contributed by atoms with Gasteiger partial charge in [-0.3, -0.25) is 4.79 Å². The summed E-state index contributed by atoms with van der Waals surface area (Å²) in [4.78, 5) is 11.5. The zero-order valence-electron chi connectivity index (χ0n) is 10.2. The van der Waals surface area contributed by atoms with Crippen LogP contribution in [-0.2, 0) is 6.42 Å². The maximum absolute atomic E-state index is 13.8. The average molecular weight is 268 g/mol. The molecule has 1 heterocycles. The molecule has 0 fully saturated rings. The molecule has 1 aromatic rings. The van der Waals surface area contributed by atoms with Gasteiger partial charge in [0.2, 0.25) is 0 Å². The molecule has 19 heavy (non-hydrogen) atoms. The first-order valence-electron chi connectivity index (χ1n) is 5.87. The quantitative estimate of drug-likeness (QED) is 0.865. The van der Waals surface area contributed by atoms with E-state index in [4.69, 9.17) is 10.5 Å². The van der Waals surface area contributed by atoms with Gasteiger partial charge in [-0.05, 0) is 18.1 Å². The fourth-order valence-corrected chi connectivity index (χ4v) is 1.88. The second kappa shape index (κ2) is 5.79. The van der Waals surface area contributed by atoms with Crippen LogP contribution in [0.3, 0.4) is 0 Å². The molecule has 1 amide bonds. The molecule has 0 aliphatic carbocycles. The topological polar surface area (TPSA) is 64.3 Å². The lowest BCUT2D eigenvalue weighted by Crippen LogP contribution is -2.32.